The molecule has 4 fully saturated rings. The maximum Gasteiger partial charge on any atom is 0.247 e. The Bertz CT molecular complexity index is 1850. The van der Waals surface area contributed by atoms with E-state index < -0.39 is 47.3 Å². The van der Waals surface area contributed by atoms with E-state index in [9.17, 15) is 19.2 Å². The third kappa shape index (κ3) is 3.61. The lowest BCUT2D eigenvalue weighted by atomic mass is 9.54. The van der Waals surface area contributed by atoms with E-state index in [0.717, 1.165) is 28.1 Å². The molecule has 240 valence electrons. The normalized spacial score (nSPS) is 34.4. The van der Waals surface area contributed by atoms with Crippen molar-refractivity contribution >= 4 is 35.0 Å². The largest absolute Gasteiger partial charge is 0.364 e. The maximum absolute atomic E-state index is 14.6. The van der Waals surface area contributed by atoms with Gasteiger partial charge in [0.2, 0.25) is 23.6 Å². The van der Waals surface area contributed by atoms with Crippen molar-refractivity contribution in [1.29, 1.82) is 0 Å². The van der Waals surface area contributed by atoms with Crippen LogP contribution in [-0.4, -0.2) is 69.9 Å². The second-order valence-corrected chi connectivity index (χ2v) is 14.5. The van der Waals surface area contributed by atoms with Crippen molar-refractivity contribution in [3.05, 3.63) is 95.6 Å². The minimum absolute atomic E-state index is 0.0878. The molecule has 10 nitrogen and oxygen atoms in total. The number of nitrogens with zero attached hydrogens (tertiary/aromatic N) is 2. The third-order valence-electron chi connectivity index (χ3n) is 11.7. The van der Waals surface area contributed by atoms with E-state index in [2.05, 4.69) is 47.2 Å². The number of rotatable bonds is 5. The van der Waals surface area contributed by atoms with E-state index >= 15 is 0 Å². The van der Waals surface area contributed by atoms with Crippen LogP contribution in [0.5, 0.6) is 0 Å². The van der Waals surface area contributed by atoms with Crippen molar-refractivity contribution in [1.82, 2.24) is 20.4 Å². The second-order valence-electron chi connectivity index (χ2n) is 14.5. The Hall–Kier alpha value is -4.86. The number of para-hydroxylation sites is 2. The molecule has 8 atom stereocenters. The van der Waals surface area contributed by atoms with Gasteiger partial charge in [0.05, 0.1) is 10.8 Å². The fourth-order valence-electron chi connectivity index (χ4n) is 10.0. The average Bonchev–Trinajstić information content (AvgIpc) is 3.77. The van der Waals surface area contributed by atoms with Crippen molar-refractivity contribution < 1.29 is 19.2 Å². The molecule has 9 rings (SSSR count). The molecule has 0 bridgehead atoms. The lowest BCUT2D eigenvalue weighted by Crippen LogP contribution is -2.66. The zero-order valence-electron chi connectivity index (χ0n) is 26.4. The summed E-state index contributed by atoms with van der Waals surface area (Å²) in [6.45, 7) is 4.10. The number of carbonyl (C=O) groups is 4. The van der Waals surface area contributed by atoms with Crippen molar-refractivity contribution in [3.63, 3.8) is 0 Å². The highest BCUT2D eigenvalue weighted by Crippen LogP contribution is 2.68. The van der Waals surface area contributed by atoms with Crippen LogP contribution in [0.1, 0.15) is 49.8 Å². The minimum Gasteiger partial charge on any atom is -0.364 e. The summed E-state index contributed by atoms with van der Waals surface area (Å²) in [5.74, 6) is -0.320. The number of piperazine rings is 2. The highest BCUT2D eigenvalue weighted by molar-refractivity contribution is 6.01. The molecule has 6 aliphatic heterocycles. The van der Waals surface area contributed by atoms with E-state index in [1.54, 1.807) is 9.80 Å². The highest BCUT2D eigenvalue weighted by Gasteiger charge is 2.78. The molecular weight excluding hydrogens is 592 g/mol. The molecule has 3 aromatic rings. The number of nitrogens with one attached hydrogen (secondary N) is 4. The summed E-state index contributed by atoms with van der Waals surface area (Å²) in [7, 11) is 0. The molecule has 0 aromatic heterocycles. The zero-order chi connectivity index (χ0) is 32.2. The van der Waals surface area contributed by atoms with Gasteiger partial charge in [-0.3, -0.25) is 19.2 Å². The molecule has 2 unspecified atom stereocenters. The number of anilines is 2. The van der Waals surface area contributed by atoms with Crippen molar-refractivity contribution in [2.45, 2.75) is 86.9 Å². The van der Waals surface area contributed by atoms with Crippen LogP contribution in [0.3, 0.4) is 0 Å². The summed E-state index contributed by atoms with van der Waals surface area (Å²) >= 11 is 0. The molecule has 4 N–H and O–H groups in total. The minimum atomic E-state index is -0.835. The highest BCUT2D eigenvalue weighted by atomic mass is 16.2. The van der Waals surface area contributed by atoms with Gasteiger partial charge in [0, 0.05) is 17.8 Å². The van der Waals surface area contributed by atoms with Gasteiger partial charge in [-0.25, -0.2) is 0 Å². The first-order valence-corrected chi connectivity index (χ1v) is 16.8. The molecule has 3 aromatic carbocycles. The Morgan fingerprint density at radius 1 is 0.638 bits per heavy atom. The summed E-state index contributed by atoms with van der Waals surface area (Å²) in [5.41, 5.74) is 3.15. The Morgan fingerprint density at radius 3 is 1.64 bits per heavy atom. The van der Waals surface area contributed by atoms with Crippen LogP contribution in [0.25, 0.3) is 0 Å². The standard InChI is InChI=1S/C37H38N6O4/c1-20(2)16-26-32(46)42-28(30(44)38-26)18-36(22-12-6-8-14-24(22)40-34(36)42)37-19-29-31(45)39-27(17-21-10-4-3-5-11-21)33(47)43(29)35(37)41-25-15-9-7-13-23(25)37/h3-15,20,26-29,34-35,40-41H,16-19H2,1-2H3,(H,38,44)(H,39,45)/t26-,27-,28-,29-,34+,35+,36?,37?/m0/s1. The summed E-state index contributed by atoms with van der Waals surface area (Å²) in [4.78, 5) is 60.6. The molecule has 6 aliphatic rings. The van der Waals surface area contributed by atoms with Crippen molar-refractivity contribution in [3.8, 4) is 0 Å². The monoisotopic (exact) mass is 630 g/mol. The third-order valence-corrected chi connectivity index (χ3v) is 11.7. The molecule has 10 heteroatoms. The lowest BCUT2D eigenvalue weighted by molar-refractivity contribution is -0.149. The van der Waals surface area contributed by atoms with Gasteiger partial charge < -0.3 is 31.1 Å². The molecular formula is C37H38N6O4. The fraction of sp³-hybridized carbons (Fsp3) is 0.405. The summed E-state index contributed by atoms with van der Waals surface area (Å²) in [5, 5.41) is 13.6. The van der Waals surface area contributed by atoms with Gasteiger partial charge in [-0.1, -0.05) is 80.6 Å². The second kappa shape index (κ2) is 9.82. The van der Waals surface area contributed by atoms with Crippen LogP contribution >= 0.6 is 0 Å². The fourth-order valence-corrected chi connectivity index (χ4v) is 10.0. The zero-order valence-corrected chi connectivity index (χ0v) is 26.4. The Kier molecular flexibility index (Phi) is 5.93. The maximum atomic E-state index is 14.6. The van der Waals surface area contributed by atoms with Crippen molar-refractivity contribution in [2.75, 3.05) is 10.6 Å². The Morgan fingerprint density at radius 2 is 1.11 bits per heavy atom. The number of hydrogen-bond acceptors (Lipinski definition) is 6. The molecule has 4 saturated heterocycles. The van der Waals surface area contributed by atoms with Gasteiger partial charge in [-0.05, 0) is 54.0 Å². The van der Waals surface area contributed by atoms with Crippen LogP contribution in [0.2, 0.25) is 0 Å². The van der Waals surface area contributed by atoms with Crippen molar-refractivity contribution in [2.24, 2.45) is 5.92 Å². The smallest absolute Gasteiger partial charge is 0.247 e. The van der Waals surface area contributed by atoms with Crippen LogP contribution in [0.15, 0.2) is 78.9 Å². The molecule has 4 amide bonds. The van der Waals surface area contributed by atoms with Gasteiger partial charge in [0.15, 0.2) is 0 Å². The lowest BCUT2D eigenvalue weighted by Gasteiger charge is -2.48. The first kappa shape index (κ1) is 28.4. The van der Waals surface area contributed by atoms with Crippen LogP contribution in [0, 0.1) is 5.92 Å². The number of amides is 4. The number of carbonyl (C=O) groups excluding carboxylic acids is 4. The van der Waals surface area contributed by atoms with E-state index in [1.165, 1.54) is 0 Å². The van der Waals surface area contributed by atoms with Gasteiger partial charge >= 0.3 is 0 Å². The first-order chi connectivity index (χ1) is 22.7. The van der Waals surface area contributed by atoms with E-state index in [1.807, 2.05) is 66.7 Å². The van der Waals surface area contributed by atoms with Gasteiger partial charge in [-0.2, -0.15) is 0 Å². The van der Waals surface area contributed by atoms with Gasteiger partial charge in [-0.15, -0.1) is 0 Å². The van der Waals surface area contributed by atoms with E-state index in [0.29, 0.717) is 25.7 Å². The quantitative estimate of drug-likeness (QED) is 0.344. The molecule has 0 saturated carbocycles. The summed E-state index contributed by atoms with van der Waals surface area (Å²) in [6, 6.07) is 23.2. The van der Waals surface area contributed by atoms with Crippen LogP contribution in [0.4, 0.5) is 11.4 Å². The van der Waals surface area contributed by atoms with E-state index in [-0.39, 0.29) is 29.5 Å². The van der Waals surface area contributed by atoms with Crippen LogP contribution < -0.4 is 21.3 Å². The molecule has 0 aliphatic carbocycles. The first-order valence-electron chi connectivity index (χ1n) is 16.8. The topological polar surface area (TPSA) is 123 Å². The van der Waals surface area contributed by atoms with Gasteiger partial charge in [0.25, 0.3) is 0 Å². The Labute approximate surface area is 273 Å². The average molecular weight is 631 g/mol. The predicted molar refractivity (Wildman–Crippen MR) is 175 cm³/mol. The predicted octanol–water partition coefficient (Wildman–Crippen LogP) is 2.85. The van der Waals surface area contributed by atoms with Gasteiger partial charge in [0.1, 0.15) is 36.5 Å². The SMILES string of the molecule is CC(C)C[C@@H]1NC(=O)[C@@H]2CC3(C45C[C@H]6C(=O)N[C@@H](Cc7ccccc7)C(=O)N6[C@H]4Nc4ccccc45)c4ccccc4N[C@@H]3N2C1=O. The molecule has 0 spiro atoms. The summed E-state index contributed by atoms with van der Waals surface area (Å²) < 4.78 is 0. The molecule has 6 heterocycles. The van der Waals surface area contributed by atoms with Crippen LogP contribution in [-0.2, 0) is 36.4 Å². The van der Waals surface area contributed by atoms with E-state index in [4.69, 9.17) is 0 Å². The number of benzene rings is 3. The number of hydrogen-bond donors (Lipinski definition) is 4. The number of fused-ring (bicyclic) bond motifs is 11. The summed E-state index contributed by atoms with van der Waals surface area (Å²) in [6.07, 6.45) is 0.545. The Balaban J connectivity index is 1.22. The molecule has 47 heavy (non-hydrogen) atoms. The molecule has 0 radical (unpaired) electrons.